The van der Waals surface area contributed by atoms with Crippen molar-refractivity contribution in [1.29, 1.82) is 0 Å². The molecule has 2 aromatic carbocycles. The van der Waals surface area contributed by atoms with Gasteiger partial charge in [-0.25, -0.2) is 13.2 Å². The molecule has 0 radical (unpaired) electrons. The van der Waals surface area contributed by atoms with Gasteiger partial charge in [0.2, 0.25) is 10.0 Å². The average molecular weight is 455 g/mol. The summed E-state index contributed by atoms with van der Waals surface area (Å²) in [5, 5.41) is 0.912. The molecule has 0 amide bonds. The minimum absolute atomic E-state index is 0.0271. The van der Waals surface area contributed by atoms with E-state index in [9.17, 15) is 13.2 Å². The molecule has 7 nitrogen and oxygen atoms in total. The first-order valence-corrected chi connectivity index (χ1v) is 12.1. The number of esters is 1. The standard InChI is InChI=1S/C24H26N2O5S/c1-3-21-23(17(2)20-9-4-5-10-22(20)25-21)24(27)31-16-18-7-6-8-19(15-18)32(28,29)26-11-13-30-14-12-26/h4-10,15H,3,11-14,16H2,1-2H3. The number of ether oxygens (including phenoxy) is 2. The molecule has 3 aromatic rings. The number of nitrogens with zero attached hydrogens (tertiary/aromatic N) is 2. The topological polar surface area (TPSA) is 85.8 Å². The van der Waals surface area contributed by atoms with Crippen LogP contribution in [0.25, 0.3) is 10.9 Å². The largest absolute Gasteiger partial charge is 0.457 e. The minimum Gasteiger partial charge on any atom is -0.457 e. The maximum absolute atomic E-state index is 13.0. The Bertz CT molecular complexity index is 1250. The number of aryl methyl sites for hydroxylation is 2. The van der Waals surface area contributed by atoms with Gasteiger partial charge < -0.3 is 9.47 Å². The molecule has 32 heavy (non-hydrogen) atoms. The summed E-state index contributed by atoms with van der Waals surface area (Å²) in [4.78, 5) is 17.8. The molecule has 8 heteroatoms. The third-order valence-electron chi connectivity index (χ3n) is 5.64. The highest BCUT2D eigenvalue weighted by atomic mass is 32.2. The van der Waals surface area contributed by atoms with Crippen LogP contribution in [-0.4, -0.2) is 50.0 Å². The number of benzene rings is 2. The molecule has 0 spiro atoms. The molecule has 1 aromatic heterocycles. The first kappa shape index (κ1) is 22.4. The predicted molar refractivity (Wildman–Crippen MR) is 121 cm³/mol. The molecule has 1 fully saturated rings. The molecule has 4 rings (SSSR count). The van der Waals surface area contributed by atoms with Gasteiger partial charge in [0.05, 0.1) is 34.9 Å². The van der Waals surface area contributed by atoms with Crippen molar-refractivity contribution in [3.8, 4) is 0 Å². The van der Waals surface area contributed by atoms with E-state index in [0.29, 0.717) is 49.5 Å². The molecule has 2 heterocycles. The second-order valence-corrected chi connectivity index (χ2v) is 9.61. The molecule has 0 atom stereocenters. The van der Waals surface area contributed by atoms with Gasteiger partial charge in [-0.15, -0.1) is 0 Å². The van der Waals surface area contributed by atoms with E-state index in [1.54, 1.807) is 24.3 Å². The molecular formula is C24H26N2O5S. The van der Waals surface area contributed by atoms with Crippen LogP contribution in [0.1, 0.15) is 34.1 Å². The molecule has 0 N–H and O–H groups in total. The highest BCUT2D eigenvalue weighted by Crippen LogP contribution is 2.25. The fourth-order valence-corrected chi connectivity index (χ4v) is 5.40. The maximum Gasteiger partial charge on any atom is 0.340 e. The zero-order valence-corrected chi connectivity index (χ0v) is 19.0. The molecule has 1 saturated heterocycles. The molecular weight excluding hydrogens is 428 g/mol. The first-order valence-electron chi connectivity index (χ1n) is 10.6. The number of hydrogen-bond acceptors (Lipinski definition) is 6. The minimum atomic E-state index is -3.61. The van der Waals surface area contributed by atoms with Crippen LogP contribution in [0.4, 0.5) is 0 Å². The van der Waals surface area contributed by atoms with Crippen LogP contribution in [-0.2, 0) is 32.5 Å². The number of rotatable bonds is 6. The number of para-hydroxylation sites is 1. The SMILES string of the molecule is CCc1nc2ccccc2c(C)c1C(=O)OCc1cccc(S(=O)(=O)N2CCOCC2)c1. The number of pyridine rings is 1. The highest BCUT2D eigenvalue weighted by molar-refractivity contribution is 7.89. The lowest BCUT2D eigenvalue weighted by Gasteiger charge is -2.26. The van der Waals surface area contributed by atoms with Crippen LogP contribution in [0.5, 0.6) is 0 Å². The number of carbonyl (C=O) groups excluding carboxylic acids is 1. The third-order valence-corrected chi connectivity index (χ3v) is 7.54. The Hall–Kier alpha value is -2.81. The van der Waals surface area contributed by atoms with E-state index in [1.165, 1.54) is 4.31 Å². The van der Waals surface area contributed by atoms with Crippen LogP contribution in [0.3, 0.4) is 0 Å². The Kier molecular flexibility index (Phi) is 6.55. The lowest BCUT2D eigenvalue weighted by atomic mass is 10.0. The average Bonchev–Trinajstić information content (AvgIpc) is 2.83. The van der Waals surface area contributed by atoms with Crippen molar-refractivity contribution in [2.24, 2.45) is 0 Å². The third kappa shape index (κ3) is 4.39. The number of morpholine rings is 1. The van der Waals surface area contributed by atoms with E-state index < -0.39 is 16.0 Å². The Morgan fingerprint density at radius 3 is 2.62 bits per heavy atom. The maximum atomic E-state index is 13.0. The molecule has 1 aliphatic rings. The van der Waals surface area contributed by atoms with Crippen molar-refractivity contribution in [1.82, 2.24) is 9.29 Å². The van der Waals surface area contributed by atoms with E-state index in [2.05, 4.69) is 4.98 Å². The van der Waals surface area contributed by atoms with Gasteiger partial charge in [-0.2, -0.15) is 4.31 Å². The van der Waals surface area contributed by atoms with Gasteiger partial charge in [-0.3, -0.25) is 4.98 Å². The van der Waals surface area contributed by atoms with E-state index in [4.69, 9.17) is 9.47 Å². The Balaban J connectivity index is 1.55. The zero-order valence-electron chi connectivity index (χ0n) is 18.2. The van der Waals surface area contributed by atoms with Crippen LogP contribution in [0.15, 0.2) is 53.4 Å². The Labute approximate surface area is 188 Å². The van der Waals surface area contributed by atoms with Crippen LogP contribution in [0, 0.1) is 6.92 Å². The fraction of sp³-hybridized carbons (Fsp3) is 0.333. The summed E-state index contributed by atoms with van der Waals surface area (Å²) in [5.74, 6) is -0.459. The van der Waals surface area contributed by atoms with Crippen molar-refractivity contribution in [2.45, 2.75) is 31.8 Å². The molecule has 0 unspecified atom stereocenters. The van der Waals surface area contributed by atoms with Gasteiger partial charge in [0.1, 0.15) is 6.61 Å². The first-order chi connectivity index (χ1) is 15.4. The highest BCUT2D eigenvalue weighted by Gasteiger charge is 2.26. The number of fused-ring (bicyclic) bond motifs is 1. The van der Waals surface area contributed by atoms with E-state index in [-0.39, 0.29) is 11.5 Å². The van der Waals surface area contributed by atoms with Gasteiger partial charge >= 0.3 is 5.97 Å². The number of hydrogen-bond donors (Lipinski definition) is 0. The lowest BCUT2D eigenvalue weighted by Crippen LogP contribution is -2.40. The summed E-state index contributed by atoms with van der Waals surface area (Å²) in [7, 11) is -3.61. The van der Waals surface area contributed by atoms with Crippen LogP contribution < -0.4 is 0 Å². The summed E-state index contributed by atoms with van der Waals surface area (Å²) in [6.45, 7) is 5.25. The van der Waals surface area contributed by atoms with E-state index in [1.807, 2.05) is 38.1 Å². The molecule has 168 valence electrons. The van der Waals surface area contributed by atoms with Crippen molar-refractivity contribution in [3.63, 3.8) is 0 Å². The fourth-order valence-electron chi connectivity index (χ4n) is 3.92. The normalized spacial score (nSPS) is 15.1. The van der Waals surface area contributed by atoms with Crippen molar-refractivity contribution >= 4 is 26.9 Å². The Morgan fingerprint density at radius 2 is 1.88 bits per heavy atom. The smallest absolute Gasteiger partial charge is 0.340 e. The summed E-state index contributed by atoms with van der Waals surface area (Å²) in [6, 6.07) is 14.2. The second-order valence-electron chi connectivity index (χ2n) is 7.67. The number of aromatic nitrogens is 1. The summed E-state index contributed by atoms with van der Waals surface area (Å²) in [5.41, 5.74) is 3.45. The number of carbonyl (C=O) groups is 1. The zero-order chi connectivity index (χ0) is 22.7. The summed E-state index contributed by atoms with van der Waals surface area (Å²) < 4.78 is 38.1. The van der Waals surface area contributed by atoms with Crippen molar-refractivity contribution in [2.75, 3.05) is 26.3 Å². The lowest BCUT2D eigenvalue weighted by molar-refractivity contribution is 0.0470. The van der Waals surface area contributed by atoms with Gasteiger partial charge in [0.15, 0.2) is 0 Å². The van der Waals surface area contributed by atoms with E-state index in [0.717, 1.165) is 16.5 Å². The second kappa shape index (κ2) is 9.36. The number of sulfonamides is 1. The summed E-state index contributed by atoms with van der Waals surface area (Å²) >= 11 is 0. The predicted octanol–water partition coefficient (Wildman–Crippen LogP) is 3.48. The molecule has 0 aliphatic carbocycles. The van der Waals surface area contributed by atoms with E-state index >= 15 is 0 Å². The van der Waals surface area contributed by atoms with Gasteiger partial charge in [-0.1, -0.05) is 37.3 Å². The van der Waals surface area contributed by atoms with Crippen LogP contribution in [0.2, 0.25) is 0 Å². The monoisotopic (exact) mass is 454 g/mol. The van der Waals surface area contributed by atoms with Crippen LogP contribution >= 0.6 is 0 Å². The molecule has 1 aliphatic heterocycles. The molecule has 0 bridgehead atoms. The van der Waals surface area contributed by atoms with Gasteiger partial charge in [0, 0.05) is 18.5 Å². The van der Waals surface area contributed by atoms with Gasteiger partial charge in [0.25, 0.3) is 0 Å². The van der Waals surface area contributed by atoms with Gasteiger partial charge in [-0.05, 0) is 42.7 Å². The van der Waals surface area contributed by atoms with Crippen molar-refractivity contribution < 1.29 is 22.7 Å². The summed E-state index contributed by atoms with van der Waals surface area (Å²) in [6.07, 6.45) is 0.601. The quantitative estimate of drug-likeness (QED) is 0.530. The van der Waals surface area contributed by atoms with Crippen molar-refractivity contribution in [3.05, 3.63) is 70.9 Å². The molecule has 0 saturated carbocycles. The Morgan fingerprint density at radius 1 is 1.12 bits per heavy atom.